The van der Waals surface area contributed by atoms with Crippen LogP contribution < -0.4 is 5.32 Å². The quantitative estimate of drug-likeness (QED) is 0.429. The van der Waals surface area contributed by atoms with Crippen LogP contribution in [0.3, 0.4) is 0 Å². The third-order valence-electron chi connectivity index (χ3n) is 3.96. The Labute approximate surface area is 145 Å². The molecular weight excluding hydrogens is 292 g/mol. The molecular formula is C22H26N2. The van der Waals surface area contributed by atoms with Gasteiger partial charge in [0, 0.05) is 25.1 Å². The topological polar surface area (TPSA) is 24.4 Å². The van der Waals surface area contributed by atoms with Crippen LogP contribution in [0.4, 0.5) is 0 Å². The fourth-order valence-electron chi connectivity index (χ4n) is 2.75. The number of nitrogens with one attached hydrogen (secondary N) is 1. The standard InChI is InChI=1S/C22H26N2/c1-4-10-19(11-5-2)20-14-9-15-21(16-20)22(23-3)24-17-18-12-7-6-8-13-18/h4-9,11-16,19H,1,10,17H2,2-3H3,(H,23,24)/b11-5-. The maximum Gasteiger partial charge on any atom is 0.128 e. The minimum atomic E-state index is 0.361. The lowest BCUT2D eigenvalue weighted by atomic mass is 9.93. The zero-order valence-electron chi connectivity index (χ0n) is 14.6. The van der Waals surface area contributed by atoms with Gasteiger partial charge in [-0.2, -0.15) is 0 Å². The van der Waals surface area contributed by atoms with E-state index in [0.29, 0.717) is 5.92 Å². The van der Waals surface area contributed by atoms with E-state index >= 15 is 0 Å². The molecule has 0 heterocycles. The number of hydrogen-bond acceptors (Lipinski definition) is 1. The van der Waals surface area contributed by atoms with Crippen molar-refractivity contribution in [1.29, 1.82) is 0 Å². The van der Waals surface area contributed by atoms with E-state index in [0.717, 1.165) is 24.4 Å². The summed E-state index contributed by atoms with van der Waals surface area (Å²) in [4.78, 5) is 4.43. The third kappa shape index (κ3) is 4.95. The van der Waals surface area contributed by atoms with Crippen LogP contribution in [0.25, 0.3) is 0 Å². The molecule has 0 bridgehead atoms. The predicted molar refractivity (Wildman–Crippen MR) is 105 cm³/mol. The normalized spacial score (nSPS) is 13.0. The monoisotopic (exact) mass is 318 g/mol. The highest BCUT2D eigenvalue weighted by atomic mass is 15.0. The Morgan fingerprint density at radius 2 is 1.96 bits per heavy atom. The molecule has 0 aliphatic carbocycles. The second-order valence-corrected chi connectivity index (χ2v) is 5.69. The van der Waals surface area contributed by atoms with E-state index in [1.165, 1.54) is 11.1 Å². The molecule has 0 aliphatic rings. The summed E-state index contributed by atoms with van der Waals surface area (Å²) in [6, 6.07) is 18.9. The van der Waals surface area contributed by atoms with Crippen molar-refractivity contribution in [3.63, 3.8) is 0 Å². The molecule has 0 radical (unpaired) electrons. The van der Waals surface area contributed by atoms with Gasteiger partial charge in [-0.3, -0.25) is 4.99 Å². The summed E-state index contributed by atoms with van der Waals surface area (Å²) < 4.78 is 0. The highest BCUT2D eigenvalue weighted by Gasteiger charge is 2.09. The number of nitrogens with zero attached hydrogens (tertiary/aromatic N) is 1. The minimum Gasteiger partial charge on any atom is -0.366 e. The van der Waals surface area contributed by atoms with Crippen LogP contribution >= 0.6 is 0 Å². The van der Waals surface area contributed by atoms with E-state index in [2.05, 4.69) is 84.5 Å². The first-order valence-corrected chi connectivity index (χ1v) is 8.37. The van der Waals surface area contributed by atoms with E-state index in [-0.39, 0.29) is 0 Å². The lowest BCUT2D eigenvalue weighted by molar-refractivity contribution is 0.861. The second-order valence-electron chi connectivity index (χ2n) is 5.69. The van der Waals surface area contributed by atoms with E-state index in [4.69, 9.17) is 0 Å². The van der Waals surface area contributed by atoms with Crippen molar-refractivity contribution in [1.82, 2.24) is 5.32 Å². The lowest BCUT2D eigenvalue weighted by Crippen LogP contribution is -2.24. The molecule has 1 atom stereocenters. The molecule has 0 saturated carbocycles. The van der Waals surface area contributed by atoms with Crippen LogP contribution in [0.15, 0.2) is 84.4 Å². The van der Waals surface area contributed by atoms with Crippen LogP contribution in [-0.4, -0.2) is 12.9 Å². The Kier molecular flexibility index (Phi) is 7.03. The van der Waals surface area contributed by atoms with Crippen molar-refractivity contribution >= 4 is 5.84 Å². The molecule has 2 heteroatoms. The Morgan fingerprint density at radius 3 is 2.62 bits per heavy atom. The van der Waals surface area contributed by atoms with Crippen molar-refractivity contribution in [2.45, 2.75) is 25.8 Å². The van der Waals surface area contributed by atoms with Gasteiger partial charge in [0.25, 0.3) is 0 Å². The molecule has 1 unspecified atom stereocenters. The molecule has 2 aromatic rings. The molecule has 24 heavy (non-hydrogen) atoms. The molecule has 0 aromatic heterocycles. The van der Waals surface area contributed by atoms with Gasteiger partial charge in [-0.15, -0.1) is 6.58 Å². The highest BCUT2D eigenvalue weighted by molar-refractivity contribution is 5.98. The Hall–Kier alpha value is -2.61. The van der Waals surface area contributed by atoms with Crippen molar-refractivity contribution in [2.75, 3.05) is 7.05 Å². The molecule has 2 nitrogen and oxygen atoms in total. The zero-order chi connectivity index (χ0) is 17.2. The SMILES string of the molecule is C=CCC(/C=C\C)c1cccc(C(=NC)NCc2ccccc2)c1. The molecule has 0 aliphatic heterocycles. The number of amidine groups is 1. The smallest absolute Gasteiger partial charge is 0.128 e. The molecule has 0 spiro atoms. The molecule has 0 amide bonds. The number of rotatable bonds is 7. The van der Waals surface area contributed by atoms with Gasteiger partial charge in [-0.25, -0.2) is 0 Å². The fourth-order valence-corrected chi connectivity index (χ4v) is 2.75. The van der Waals surface area contributed by atoms with Gasteiger partial charge >= 0.3 is 0 Å². The van der Waals surface area contributed by atoms with Crippen LogP contribution in [0.5, 0.6) is 0 Å². The number of benzene rings is 2. The Balaban J connectivity index is 2.17. The summed E-state index contributed by atoms with van der Waals surface area (Å²) in [7, 11) is 1.83. The molecule has 2 rings (SSSR count). The number of hydrogen-bond donors (Lipinski definition) is 1. The van der Waals surface area contributed by atoms with Crippen molar-refractivity contribution in [3.05, 3.63) is 96.1 Å². The van der Waals surface area contributed by atoms with Crippen LogP contribution in [0.2, 0.25) is 0 Å². The van der Waals surface area contributed by atoms with Gasteiger partial charge in [0.15, 0.2) is 0 Å². The molecule has 0 fully saturated rings. The molecule has 2 aromatic carbocycles. The molecule has 0 saturated heterocycles. The van der Waals surface area contributed by atoms with E-state index in [1.807, 2.05) is 19.2 Å². The summed E-state index contributed by atoms with van der Waals surface area (Å²) >= 11 is 0. The van der Waals surface area contributed by atoms with E-state index in [9.17, 15) is 0 Å². The first-order chi connectivity index (χ1) is 11.8. The van der Waals surface area contributed by atoms with Crippen LogP contribution in [-0.2, 0) is 6.54 Å². The highest BCUT2D eigenvalue weighted by Crippen LogP contribution is 2.23. The van der Waals surface area contributed by atoms with Crippen molar-refractivity contribution < 1.29 is 0 Å². The van der Waals surface area contributed by atoms with Gasteiger partial charge < -0.3 is 5.32 Å². The van der Waals surface area contributed by atoms with Gasteiger partial charge in [-0.05, 0) is 30.5 Å². The summed E-state index contributed by atoms with van der Waals surface area (Å²) in [6.07, 6.45) is 7.23. The zero-order valence-corrected chi connectivity index (χ0v) is 14.6. The van der Waals surface area contributed by atoms with Gasteiger partial charge in [-0.1, -0.05) is 66.8 Å². The largest absolute Gasteiger partial charge is 0.366 e. The summed E-state index contributed by atoms with van der Waals surface area (Å²) in [5.41, 5.74) is 3.64. The predicted octanol–water partition coefficient (Wildman–Crippen LogP) is 5.09. The van der Waals surface area contributed by atoms with Gasteiger partial charge in [0.05, 0.1) is 0 Å². The van der Waals surface area contributed by atoms with Crippen LogP contribution in [0.1, 0.15) is 36.0 Å². The summed E-state index contributed by atoms with van der Waals surface area (Å²) in [5, 5.41) is 3.44. The first kappa shape index (κ1) is 17.7. The molecule has 124 valence electrons. The summed E-state index contributed by atoms with van der Waals surface area (Å²) in [5.74, 6) is 1.28. The Bertz CT molecular complexity index is 699. The first-order valence-electron chi connectivity index (χ1n) is 8.37. The second kappa shape index (κ2) is 9.51. The summed E-state index contributed by atoms with van der Waals surface area (Å²) in [6.45, 7) is 6.70. The number of allylic oxidation sites excluding steroid dienone is 3. The van der Waals surface area contributed by atoms with E-state index < -0.39 is 0 Å². The van der Waals surface area contributed by atoms with Crippen molar-refractivity contribution in [2.24, 2.45) is 4.99 Å². The van der Waals surface area contributed by atoms with Gasteiger partial charge in [0.2, 0.25) is 0 Å². The van der Waals surface area contributed by atoms with Crippen LogP contribution in [0, 0.1) is 0 Å². The lowest BCUT2D eigenvalue weighted by Gasteiger charge is -2.14. The molecule has 1 N–H and O–H groups in total. The average Bonchev–Trinajstić information content (AvgIpc) is 2.63. The van der Waals surface area contributed by atoms with Gasteiger partial charge in [0.1, 0.15) is 5.84 Å². The third-order valence-corrected chi connectivity index (χ3v) is 3.96. The maximum atomic E-state index is 4.43. The number of aliphatic imine (C=N–C) groups is 1. The average molecular weight is 318 g/mol. The maximum absolute atomic E-state index is 4.43. The Morgan fingerprint density at radius 1 is 1.17 bits per heavy atom. The van der Waals surface area contributed by atoms with E-state index in [1.54, 1.807) is 0 Å². The van der Waals surface area contributed by atoms with Crippen molar-refractivity contribution in [3.8, 4) is 0 Å². The fraction of sp³-hybridized carbons (Fsp3) is 0.227. The minimum absolute atomic E-state index is 0.361.